The maximum atomic E-state index is 14.9. The normalized spacial score (nSPS) is 18.1. The molecule has 1 N–H and O–H groups in total. The molecular formula is C37H43F3N6O5. The number of carbonyl (C=O) groups excluding carboxylic acids is 2. The third-order valence-corrected chi connectivity index (χ3v) is 9.27. The summed E-state index contributed by atoms with van der Waals surface area (Å²) in [6.07, 6.45) is 4.84. The van der Waals surface area contributed by atoms with E-state index < -0.39 is 40.3 Å². The number of fused-ring (bicyclic) bond motifs is 1. The number of aromatic nitrogens is 3. The Morgan fingerprint density at radius 2 is 1.63 bits per heavy atom. The van der Waals surface area contributed by atoms with Crippen LogP contribution >= 0.6 is 0 Å². The number of pyridine rings is 1. The average molecular weight is 709 g/mol. The lowest BCUT2D eigenvalue weighted by atomic mass is 9.86. The summed E-state index contributed by atoms with van der Waals surface area (Å²) >= 11 is 0. The van der Waals surface area contributed by atoms with Gasteiger partial charge >= 0.3 is 6.09 Å². The fraction of sp³-hybridized carbons (Fsp3) is 0.459. The fourth-order valence-corrected chi connectivity index (χ4v) is 6.42. The summed E-state index contributed by atoms with van der Waals surface area (Å²) in [6, 6.07) is 11.4. The molecule has 51 heavy (non-hydrogen) atoms. The minimum Gasteiger partial charge on any atom is -0.497 e. The molecule has 11 nitrogen and oxygen atoms in total. The number of carbonyl (C=O) groups is 2. The van der Waals surface area contributed by atoms with E-state index in [0.717, 1.165) is 42.5 Å². The molecule has 0 atom stereocenters. The van der Waals surface area contributed by atoms with Crippen molar-refractivity contribution in [2.45, 2.75) is 64.7 Å². The second-order valence-corrected chi connectivity index (χ2v) is 14.0. The maximum absolute atomic E-state index is 14.9. The molecule has 1 aliphatic carbocycles. The van der Waals surface area contributed by atoms with E-state index in [4.69, 9.17) is 24.3 Å². The number of methoxy groups -OCH3 is 1. The van der Waals surface area contributed by atoms with Crippen molar-refractivity contribution in [3.8, 4) is 11.5 Å². The van der Waals surface area contributed by atoms with Crippen LogP contribution < -0.4 is 19.7 Å². The Hall–Kier alpha value is -5.01. The Kier molecular flexibility index (Phi) is 10.6. The molecule has 4 aromatic rings. The summed E-state index contributed by atoms with van der Waals surface area (Å²) in [7, 11) is 1.51. The van der Waals surface area contributed by atoms with Gasteiger partial charge in [-0.15, -0.1) is 0 Å². The molecule has 2 aromatic heterocycles. The zero-order valence-electron chi connectivity index (χ0n) is 29.3. The zero-order chi connectivity index (χ0) is 36.3. The van der Waals surface area contributed by atoms with E-state index in [1.165, 1.54) is 7.11 Å². The van der Waals surface area contributed by atoms with Gasteiger partial charge in [-0.25, -0.2) is 18.6 Å². The van der Waals surface area contributed by atoms with Gasteiger partial charge in [-0.05, 0) is 88.3 Å². The van der Waals surface area contributed by atoms with Gasteiger partial charge in [0.2, 0.25) is 5.82 Å². The highest BCUT2D eigenvalue weighted by atomic mass is 19.2. The Morgan fingerprint density at radius 1 is 0.922 bits per heavy atom. The first-order valence-corrected chi connectivity index (χ1v) is 17.2. The lowest BCUT2D eigenvalue weighted by molar-refractivity contribution is 0.0240. The van der Waals surface area contributed by atoms with Gasteiger partial charge in [-0.3, -0.25) is 9.48 Å². The van der Waals surface area contributed by atoms with E-state index in [2.05, 4.69) is 10.2 Å². The largest absolute Gasteiger partial charge is 0.497 e. The van der Waals surface area contributed by atoms with E-state index in [0.29, 0.717) is 43.6 Å². The van der Waals surface area contributed by atoms with Gasteiger partial charge in [0.15, 0.2) is 17.4 Å². The van der Waals surface area contributed by atoms with Gasteiger partial charge in [0.25, 0.3) is 5.91 Å². The summed E-state index contributed by atoms with van der Waals surface area (Å²) in [5, 5.41) is 7.42. The van der Waals surface area contributed by atoms with Crippen LogP contribution in [0.3, 0.4) is 0 Å². The van der Waals surface area contributed by atoms with Crippen molar-refractivity contribution in [3.05, 3.63) is 77.2 Å². The first kappa shape index (κ1) is 35.8. The van der Waals surface area contributed by atoms with Crippen LogP contribution in [-0.2, 0) is 11.3 Å². The molecule has 2 fully saturated rings. The number of benzene rings is 2. The van der Waals surface area contributed by atoms with Crippen LogP contribution in [0.25, 0.3) is 11.0 Å². The Morgan fingerprint density at radius 3 is 2.29 bits per heavy atom. The minimum atomic E-state index is -1.55. The molecule has 14 heteroatoms. The number of hydrogen-bond donors (Lipinski definition) is 1. The van der Waals surface area contributed by atoms with Gasteiger partial charge < -0.3 is 29.3 Å². The summed E-state index contributed by atoms with van der Waals surface area (Å²) in [5.74, 6) is -4.40. The number of nitrogens with zero attached hydrogens (tertiary/aromatic N) is 5. The van der Waals surface area contributed by atoms with E-state index >= 15 is 0 Å². The molecule has 1 saturated heterocycles. The molecule has 1 aliphatic heterocycles. The predicted molar refractivity (Wildman–Crippen MR) is 185 cm³/mol. The number of ether oxygens (including phenoxy) is 3. The zero-order valence-corrected chi connectivity index (χ0v) is 29.3. The molecule has 2 aliphatic rings. The highest BCUT2D eigenvalue weighted by Gasteiger charge is 2.29. The summed E-state index contributed by atoms with van der Waals surface area (Å²) in [6.45, 7) is 8.01. The lowest BCUT2D eigenvalue weighted by Crippen LogP contribution is -2.50. The summed E-state index contributed by atoms with van der Waals surface area (Å²) in [5.41, 5.74) is 0.927. The van der Waals surface area contributed by atoms with Crippen molar-refractivity contribution in [1.29, 1.82) is 0 Å². The second-order valence-electron chi connectivity index (χ2n) is 14.0. The van der Waals surface area contributed by atoms with Gasteiger partial charge in [-0.1, -0.05) is 12.1 Å². The molecular weight excluding hydrogens is 665 g/mol. The van der Waals surface area contributed by atoms with Crippen molar-refractivity contribution in [1.82, 2.24) is 25.0 Å². The molecule has 0 radical (unpaired) electrons. The third-order valence-electron chi connectivity index (χ3n) is 9.27. The summed E-state index contributed by atoms with van der Waals surface area (Å²) in [4.78, 5) is 34.0. The molecule has 3 heterocycles. The minimum absolute atomic E-state index is 0.115. The van der Waals surface area contributed by atoms with Crippen LogP contribution in [0.4, 0.5) is 23.8 Å². The molecule has 6 rings (SSSR count). The van der Waals surface area contributed by atoms with Crippen LogP contribution in [0.1, 0.15) is 68.4 Å². The Labute approximate surface area is 294 Å². The highest BCUT2D eigenvalue weighted by Crippen LogP contribution is 2.33. The van der Waals surface area contributed by atoms with Crippen molar-refractivity contribution < 1.29 is 37.0 Å². The number of rotatable bonds is 9. The van der Waals surface area contributed by atoms with Gasteiger partial charge in [0, 0.05) is 32.7 Å². The van der Waals surface area contributed by atoms with E-state index in [1.54, 1.807) is 29.2 Å². The maximum Gasteiger partial charge on any atom is 0.410 e. The Balaban J connectivity index is 0.986. The SMILES string of the molecule is COc1ccc(COc2c(F)cc(C(=O)NC[C@H]3CC[C@H](n4cc5nc(N6CCN(C(=O)OC(C)(C)C)CC6)ccc5n4)CC3)c(F)c2F)cc1. The molecule has 2 amide bonds. The fourth-order valence-electron chi connectivity index (χ4n) is 6.42. The van der Waals surface area contributed by atoms with Crippen molar-refractivity contribution in [3.63, 3.8) is 0 Å². The second kappa shape index (κ2) is 15.1. The molecule has 0 bridgehead atoms. The van der Waals surface area contributed by atoms with E-state index in [1.807, 2.05) is 43.8 Å². The number of piperazine rings is 1. The number of anilines is 1. The monoisotopic (exact) mass is 708 g/mol. The Bertz CT molecular complexity index is 1860. The van der Waals surface area contributed by atoms with Gasteiger partial charge in [0.1, 0.15) is 34.8 Å². The van der Waals surface area contributed by atoms with Crippen molar-refractivity contribution in [2.24, 2.45) is 5.92 Å². The summed E-state index contributed by atoms with van der Waals surface area (Å²) < 4.78 is 62.3. The quantitative estimate of drug-likeness (QED) is 0.193. The topological polar surface area (TPSA) is 111 Å². The first-order valence-electron chi connectivity index (χ1n) is 17.2. The number of hydrogen-bond acceptors (Lipinski definition) is 8. The molecule has 0 unspecified atom stereocenters. The number of halogens is 3. The lowest BCUT2D eigenvalue weighted by Gasteiger charge is -2.36. The smallest absolute Gasteiger partial charge is 0.410 e. The van der Waals surface area contributed by atoms with Gasteiger partial charge in [-0.2, -0.15) is 9.49 Å². The highest BCUT2D eigenvalue weighted by molar-refractivity contribution is 5.94. The van der Waals surface area contributed by atoms with Crippen molar-refractivity contribution >= 4 is 28.9 Å². The predicted octanol–water partition coefficient (Wildman–Crippen LogP) is 6.65. The van der Waals surface area contributed by atoms with Crippen LogP contribution in [0.5, 0.6) is 11.5 Å². The van der Waals surface area contributed by atoms with Crippen molar-refractivity contribution in [2.75, 3.05) is 44.7 Å². The molecule has 2 aromatic carbocycles. The van der Waals surface area contributed by atoms with Crippen LogP contribution in [-0.4, -0.2) is 77.1 Å². The van der Waals surface area contributed by atoms with Gasteiger partial charge in [0.05, 0.1) is 24.9 Å². The number of amides is 2. The van der Waals surface area contributed by atoms with Crippen LogP contribution in [0.2, 0.25) is 0 Å². The molecule has 0 spiro atoms. The standard InChI is InChI=1S/C37H43F3N6O5/c1-37(2,3)51-36(48)45-17-15-44(16-18-45)31-14-13-29-30(42-31)21-46(43-29)25-9-5-23(6-10-25)20-41-35(47)27-19-28(38)34(33(40)32(27)39)50-22-24-7-11-26(49-4)12-8-24/h7-8,11-14,19,21,23,25H,5-6,9-10,15-18,20,22H2,1-4H3,(H,41,47)/t23-,25-. The number of nitrogens with one attached hydrogen (secondary N) is 1. The average Bonchev–Trinajstić information content (AvgIpc) is 3.55. The molecule has 1 saturated carbocycles. The van der Waals surface area contributed by atoms with Crippen LogP contribution in [0, 0.1) is 23.4 Å². The molecule has 272 valence electrons. The first-order chi connectivity index (χ1) is 24.4. The van der Waals surface area contributed by atoms with Crippen LogP contribution in [0.15, 0.2) is 48.7 Å². The van der Waals surface area contributed by atoms with E-state index in [9.17, 15) is 22.8 Å². The third kappa shape index (κ3) is 8.49. The van der Waals surface area contributed by atoms with E-state index in [-0.39, 0.29) is 31.2 Å².